The fraction of sp³-hybridized carbons (Fsp3) is 0.231. The Labute approximate surface area is 124 Å². The van der Waals surface area contributed by atoms with Crippen LogP contribution in [0.3, 0.4) is 0 Å². The second-order valence-corrected chi connectivity index (χ2v) is 4.73. The molecule has 0 aliphatic carbocycles. The second kappa shape index (κ2) is 5.77. The Kier molecular flexibility index (Phi) is 4.22. The maximum atomic E-state index is 12.8. The largest absolute Gasteiger partial charge is 0.433 e. The quantitative estimate of drug-likeness (QED) is 0.889. The van der Waals surface area contributed by atoms with Gasteiger partial charge in [-0.2, -0.15) is 18.2 Å². The molecule has 0 aliphatic heterocycles. The molecule has 0 saturated carbocycles. The van der Waals surface area contributed by atoms with E-state index in [-0.39, 0.29) is 11.8 Å². The topological polar surface area (TPSA) is 49.8 Å². The molecular weight excluding hydrogens is 305 g/mol. The standard InChI is InChI=1S/C13H12ClF3N4/c1-7-3-4-9(8(14)5-7)19-11-6-10(13(15,16)17)20-12(18-2)21-11/h3-6H,1-2H3,(H2,18,19,20,21). The van der Waals surface area contributed by atoms with Crippen LogP contribution >= 0.6 is 11.6 Å². The lowest BCUT2D eigenvalue weighted by molar-refractivity contribution is -0.141. The molecule has 1 aromatic heterocycles. The lowest BCUT2D eigenvalue weighted by Crippen LogP contribution is -2.12. The number of nitrogens with zero attached hydrogens (tertiary/aromatic N) is 2. The van der Waals surface area contributed by atoms with Gasteiger partial charge in [-0.05, 0) is 24.6 Å². The van der Waals surface area contributed by atoms with E-state index in [9.17, 15) is 13.2 Å². The first kappa shape index (κ1) is 15.4. The molecule has 0 atom stereocenters. The predicted molar refractivity (Wildman–Crippen MR) is 76.1 cm³/mol. The van der Waals surface area contributed by atoms with Crippen molar-refractivity contribution in [2.24, 2.45) is 0 Å². The van der Waals surface area contributed by atoms with Gasteiger partial charge in [-0.1, -0.05) is 17.7 Å². The minimum absolute atomic E-state index is 0.00688. The van der Waals surface area contributed by atoms with Crippen LogP contribution in [0.1, 0.15) is 11.3 Å². The molecular formula is C13H12ClF3N4. The number of hydrogen-bond donors (Lipinski definition) is 2. The number of hydrogen-bond acceptors (Lipinski definition) is 4. The fourth-order valence-electron chi connectivity index (χ4n) is 1.63. The number of aryl methyl sites for hydroxylation is 1. The van der Waals surface area contributed by atoms with E-state index in [1.807, 2.05) is 6.92 Å². The normalized spacial score (nSPS) is 11.3. The zero-order valence-electron chi connectivity index (χ0n) is 11.2. The molecule has 2 N–H and O–H groups in total. The molecule has 0 radical (unpaired) electrons. The maximum absolute atomic E-state index is 12.8. The number of aromatic nitrogens is 2. The van der Waals surface area contributed by atoms with E-state index in [4.69, 9.17) is 11.6 Å². The molecule has 0 bridgehead atoms. The van der Waals surface area contributed by atoms with Crippen molar-refractivity contribution in [3.63, 3.8) is 0 Å². The minimum Gasteiger partial charge on any atom is -0.357 e. The molecule has 8 heteroatoms. The van der Waals surface area contributed by atoms with Crippen LogP contribution in [-0.4, -0.2) is 17.0 Å². The highest BCUT2D eigenvalue weighted by molar-refractivity contribution is 6.33. The third-order valence-corrected chi connectivity index (χ3v) is 2.94. The Bertz CT molecular complexity index is 658. The van der Waals surface area contributed by atoms with Gasteiger partial charge < -0.3 is 10.6 Å². The molecule has 0 spiro atoms. The highest BCUT2D eigenvalue weighted by Crippen LogP contribution is 2.31. The summed E-state index contributed by atoms with van der Waals surface area (Å²) in [5.74, 6) is -0.122. The van der Waals surface area contributed by atoms with Crippen LogP contribution in [0.15, 0.2) is 24.3 Å². The van der Waals surface area contributed by atoms with Crippen molar-refractivity contribution in [2.75, 3.05) is 17.7 Å². The smallest absolute Gasteiger partial charge is 0.357 e. The summed E-state index contributed by atoms with van der Waals surface area (Å²) in [5, 5.41) is 5.65. The summed E-state index contributed by atoms with van der Waals surface area (Å²) in [7, 11) is 1.44. The molecule has 0 amide bonds. The number of benzene rings is 1. The molecule has 112 valence electrons. The number of halogens is 4. The highest BCUT2D eigenvalue weighted by atomic mass is 35.5. The molecule has 21 heavy (non-hydrogen) atoms. The van der Waals surface area contributed by atoms with Crippen molar-refractivity contribution < 1.29 is 13.2 Å². The van der Waals surface area contributed by atoms with Crippen LogP contribution in [0.5, 0.6) is 0 Å². The monoisotopic (exact) mass is 316 g/mol. The molecule has 0 aliphatic rings. The summed E-state index contributed by atoms with van der Waals surface area (Å²) < 4.78 is 38.3. The van der Waals surface area contributed by atoms with Gasteiger partial charge >= 0.3 is 6.18 Å². The van der Waals surface area contributed by atoms with Crippen molar-refractivity contribution in [2.45, 2.75) is 13.1 Å². The van der Waals surface area contributed by atoms with Gasteiger partial charge in [0.1, 0.15) is 5.82 Å². The van der Waals surface area contributed by atoms with Gasteiger partial charge in [0.15, 0.2) is 5.69 Å². The molecule has 1 heterocycles. The molecule has 0 saturated heterocycles. The first-order valence-electron chi connectivity index (χ1n) is 5.97. The SMILES string of the molecule is CNc1nc(Nc2ccc(C)cc2Cl)cc(C(F)(F)F)n1. The van der Waals surface area contributed by atoms with E-state index in [1.54, 1.807) is 18.2 Å². The summed E-state index contributed by atoms with van der Waals surface area (Å²) in [4.78, 5) is 7.31. The first-order chi connectivity index (χ1) is 9.79. The van der Waals surface area contributed by atoms with Gasteiger partial charge in [-0.15, -0.1) is 0 Å². The number of alkyl halides is 3. The molecule has 4 nitrogen and oxygen atoms in total. The average Bonchev–Trinajstić information content (AvgIpc) is 2.40. The predicted octanol–water partition coefficient (Wildman–Crippen LogP) is 4.24. The Morgan fingerprint density at radius 1 is 1.14 bits per heavy atom. The average molecular weight is 317 g/mol. The number of anilines is 3. The van der Waals surface area contributed by atoms with E-state index in [2.05, 4.69) is 20.6 Å². The van der Waals surface area contributed by atoms with E-state index in [0.29, 0.717) is 10.7 Å². The molecule has 0 unspecified atom stereocenters. The van der Waals surface area contributed by atoms with Crippen LogP contribution in [0.25, 0.3) is 0 Å². The number of nitrogens with one attached hydrogen (secondary N) is 2. The van der Waals surface area contributed by atoms with Crippen molar-refractivity contribution in [3.05, 3.63) is 40.5 Å². The molecule has 0 fully saturated rings. The third kappa shape index (κ3) is 3.75. The zero-order valence-corrected chi connectivity index (χ0v) is 12.0. The number of rotatable bonds is 3. The Hall–Kier alpha value is -2.02. The van der Waals surface area contributed by atoms with Crippen LogP contribution in [-0.2, 0) is 6.18 Å². The molecule has 2 aromatic rings. The van der Waals surface area contributed by atoms with Crippen molar-refractivity contribution >= 4 is 29.1 Å². The second-order valence-electron chi connectivity index (χ2n) is 4.32. The lowest BCUT2D eigenvalue weighted by Gasteiger charge is -2.12. The van der Waals surface area contributed by atoms with Crippen molar-refractivity contribution in [3.8, 4) is 0 Å². The first-order valence-corrected chi connectivity index (χ1v) is 6.34. The van der Waals surface area contributed by atoms with Gasteiger partial charge in [0.2, 0.25) is 5.95 Å². The fourth-order valence-corrected chi connectivity index (χ4v) is 1.91. The minimum atomic E-state index is -4.55. The van der Waals surface area contributed by atoms with E-state index >= 15 is 0 Å². The maximum Gasteiger partial charge on any atom is 0.433 e. The van der Waals surface area contributed by atoms with Crippen LogP contribution in [0.2, 0.25) is 5.02 Å². The van der Waals surface area contributed by atoms with Crippen LogP contribution in [0, 0.1) is 6.92 Å². The molecule has 1 aromatic carbocycles. The van der Waals surface area contributed by atoms with Gasteiger partial charge in [0.25, 0.3) is 0 Å². The lowest BCUT2D eigenvalue weighted by atomic mass is 10.2. The highest BCUT2D eigenvalue weighted by Gasteiger charge is 2.33. The van der Waals surface area contributed by atoms with Gasteiger partial charge in [-0.25, -0.2) is 4.98 Å². The van der Waals surface area contributed by atoms with Crippen molar-refractivity contribution in [1.82, 2.24) is 9.97 Å². The van der Waals surface area contributed by atoms with Gasteiger partial charge in [0.05, 0.1) is 10.7 Å². The Balaban J connectivity index is 2.39. The van der Waals surface area contributed by atoms with Crippen LogP contribution in [0.4, 0.5) is 30.6 Å². The van der Waals surface area contributed by atoms with E-state index in [0.717, 1.165) is 11.6 Å². The van der Waals surface area contributed by atoms with Crippen LogP contribution < -0.4 is 10.6 Å². The van der Waals surface area contributed by atoms with Crippen molar-refractivity contribution in [1.29, 1.82) is 0 Å². The third-order valence-electron chi connectivity index (χ3n) is 2.63. The summed E-state index contributed by atoms with van der Waals surface area (Å²) in [6.07, 6.45) is -4.55. The van der Waals surface area contributed by atoms with E-state index < -0.39 is 11.9 Å². The van der Waals surface area contributed by atoms with Gasteiger partial charge in [0, 0.05) is 13.1 Å². The summed E-state index contributed by atoms with van der Waals surface area (Å²) >= 11 is 6.04. The summed E-state index contributed by atoms with van der Waals surface area (Å²) in [6.45, 7) is 1.86. The van der Waals surface area contributed by atoms with Gasteiger partial charge in [-0.3, -0.25) is 0 Å². The Morgan fingerprint density at radius 2 is 1.86 bits per heavy atom. The molecule has 2 rings (SSSR count). The van der Waals surface area contributed by atoms with E-state index in [1.165, 1.54) is 7.05 Å². The Morgan fingerprint density at radius 3 is 2.43 bits per heavy atom. The summed E-state index contributed by atoms with van der Waals surface area (Å²) in [6, 6.07) is 6.00. The summed E-state index contributed by atoms with van der Waals surface area (Å²) in [5.41, 5.74) is 0.379. The zero-order chi connectivity index (χ0) is 15.6.